The average Bonchev–Trinajstić information content (AvgIpc) is 2.99. The van der Waals surface area contributed by atoms with Crippen LogP contribution in [0.15, 0.2) is 18.2 Å². The minimum atomic E-state index is -0.785. The van der Waals surface area contributed by atoms with Crippen LogP contribution in [0.1, 0.15) is 24.3 Å². The molecule has 0 bridgehead atoms. The van der Waals surface area contributed by atoms with Crippen LogP contribution in [-0.4, -0.2) is 40.3 Å². The largest absolute Gasteiger partial charge is 0.513 e. The molecule has 7 nitrogen and oxygen atoms in total. The number of aromatic nitrogens is 1. The fraction of sp³-hybridized carbons (Fsp3) is 0.375. The second-order valence-corrected chi connectivity index (χ2v) is 7.18. The lowest BCUT2D eigenvalue weighted by atomic mass is 10.3. The van der Waals surface area contributed by atoms with Crippen LogP contribution < -0.4 is 4.74 Å². The number of thiazole rings is 1. The Hall–Kier alpha value is -2.31. The lowest BCUT2D eigenvalue weighted by Gasteiger charge is -2.06. The molecule has 0 radical (unpaired) electrons. The van der Waals surface area contributed by atoms with Gasteiger partial charge in [-0.1, -0.05) is 0 Å². The number of benzene rings is 1. The highest BCUT2D eigenvalue weighted by Gasteiger charge is 2.09. The number of fused-ring (bicyclic) bond motifs is 1. The van der Waals surface area contributed by atoms with Crippen molar-refractivity contribution < 1.29 is 24.2 Å². The van der Waals surface area contributed by atoms with E-state index in [4.69, 9.17) is 19.8 Å². The van der Waals surface area contributed by atoms with E-state index < -0.39 is 12.1 Å². The molecule has 1 N–H and O–H groups in total. The molecule has 0 aliphatic rings. The maximum Gasteiger partial charge on any atom is 0.513 e. The van der Waals surface area contributed by atoms with Gasteiger partial charge in [-0.2, -0.15) is 17.0 Å². The number of carbonyl (C=O) groups excluding carboxylic acids is 1. The number of thioether (sulfide) groups is 1. The number of carbonyl (C=O) groups is 2. The first-order chi connectivity index (χ1) is 12.1. The third-order valence-corrected chi connectivity index (χ3v) is 5.07. The van der Waals surface area contributed by atoms with Gasteiger partial charge in [-0.3, -0.25) is 4.79 Å². The molecule has 1 aromatic carbocycles. The number of rotatable bonds is 9. The van der Waals surface area contributed by atoms with Crippen molar-refractivity contribution in [2.75, 3.05) is 18.1 Å². The van der Waals surface area contributed by atoms with E-state index in [0.717, 1.165) is 16.2 Å². The molecule has 9 heteroatoms. The molecule has 2 rings (SSSR count). The summed E-state index contributed by atoms with van der Waals surface area (Å²) in [6, 6.07) is 6.91. The smallest absolute Gasteiger partial charge is 0.481 e. The lowest BCUT2D eigenvalue weighted by Crippen LogP contribution is -2.11. The van der Waals surface area contributed by atoms with Gasteiger partial charge in [-0.15, -0.1) is 11.3 Å². The maximum absolute atomic E-state index is 11.6. The van der Waals surface area contributed by atoms with Crippen LogP contribution in [0.2, 0.25) is 0 Å². The first-order valence-electron chi connectivity index (χ1n) is 7.53. The molecule has 1 aromatic heterocycles. The molecule has 0 aliphatic heterocycles. The molecule has 0 amide bonds. The van der Waals surface area contributed by atoms with Crippen molar-refractivity contribution in [3.05, 3.63) is 23.2 Å². The highest BCUT2D eigenvalue weighted by Crippen LogP contribution is 2.26. The number of hydrogen-bond donors (Lipinski definition) is 1. The van der Waals surface area contributed by atoms with E-state index in [9.17, 15) is 9.59 Å². The van der Waals surface area contributed by atoms with Crippen molar-refractivity contribution >= 4 is 45.4 Å². The number of nitriles is 1. The molecule has 0 saturated heterocycles. The van der Waals surface area contributed by atoms with Crippen LogP contribution >= 0.6 is 23.1 Å². The fourth-order valence-electron chi connectivity index (χ4n) is 1.89. The molecular formula is C16H16N2O5S2. The summed E-state index contributed by atoms with van der Waals surface area (Å²) in [6.45, 7) is 0.242. The Morgan fingerprint density at radius 3 is 2.88 bits per heavy atom. The maximum atomic E-state index is 11.6. The van der Waals surface area contributed by atoms with Gasteiger partial charge in [0.05, 0.1) is 16.8 Å². The van der Waals surface area contributed by atoms with Crippen molar-refractivity contribution in [2.45, 2.75) is 19.3 Å². The third kappa shape index (κ3) is 6.60. The van der Waals surface area contributed by atoms with E-state index in [2.05, 4.69) is 4.98 Å². The minimum Gasteiger partial charge on any atom is -0.481 e. The molecule has 0 aliphatic carbocycles. The summed E-state index contributed by atoms with van der Waals surface area (Å²) in [6.07, 6.45) is 0.707. The monoisotopic (exact) mass is 380 g/mol. The zero-order valence-corrected chi connectivity index (χ0v) is 14.9. The van der Waals surface area contributed by atoms with E-state index in [-0.39, 0.29) is 13.0 Å². The molecule has 25 heavy (non-hydrogen) atoms. The Kier molecular flexibility index (Phi) is 7.50. The van der Waals surface area contributed by atoms with Gasteiger partial charge in [0.1, 0.15) is 11.8 Å². The average molecular weight is 380 g/mol. The van der Waals surface area contributed by atoms with Crippen LogP contribution in [0.4, 0.5) is 4.79 Å². The molecule has 0 atom stereocenters. The number of hydrogen-bond acceptors (Lipinski definition) is 8. The number of carboxylic acid groups (broad SMARTS) is 1. The Labute approximate surface area is 152 Å². The highest BCUT2D eigenvalue weighted by atomic mass is 32.2. The third-order valence-electron chi connectivity index (χ3n) is 2.99. The normalized spacial score (nSPS) is 10.4. The standard InChI is InChI=1S/C16H16N2O5S2/c17-10-14-18-12-5-4-11(9-13(12)25-14)23-16(21)22-6-2-8-24-7-1-3-15(19)20/h4-5,9H,1-3,6-8H2,(H,19,20). The van der Waals surface area contributed by atoms with Gasteiger partial charge in [0.25, 0.3) is 0 Å². The van der Waals surface area contributed by atoms with Crippen LogP contribution in [0.5, 0.6) is 5.75 Å². The summed E-state index contributed by atoms with van der Waals surface area (Å²) in [5.74, 6) is 1.12. The van der Waals surface area contributed by atoms with Crippen LogP contribution in [0, 0.1) is 11.3 Å². The molecular weight excluding hydrogens is 364 g/mol. The predicted molar refractivity (Wildman–Crippen MR) is 95.1 cm³/mol. The first-order valence-corrected chi connectivity index (χ1v) is 9.50. The molecule has 0 unspecified atom stereocenters. The Morgan fingerprint density at radius 2 is 2.12 bits per heavy atom. The van der Waals surface area contributed by atoms with Crippen LogP contribution in [0.25, 0.3) is 10.2 Å². The Bertz CT molecular complexity index is 784. The highest BCUT2D eigenvalue weighted by molar-refractivity contribution is 7.99. The summed E-state index contributed by atoms with van der Waals surface area (Å²) in [7, 11) is 0. The van der Waals surface area contributed by atoms with Crippen molar-refractivity contribution in [2.24, 2.45) is 0 Å². The van der Waals surface area contributed by atoms with Crippen molar-refractivity contribution in [3.8, 4) is 11.8 Å². The molecule has 0 spiro atoms. The van der Waals surface area contributed by atoms with Crippen LogP contribution in [-0.2, 0) is 9.53 Å². The molecule has 132 valence electrons. The van der Waals surface area contributed by atoms with E-state index in [1.807, 2.05) is 6.07 Å². The summed E-state index contributed by atoms with van der Waals surface area (Å²) in [5.41, 5.74) is 0.683. The van der Waals surface area contributed by atoms with E-state index >= 15 is 0 Å². The van der Waals surface area contributed by atoms with Gasteiger partial charge in [0, 0.05) is 12.5 Å². The Balaban J connectivity index is 1.65. The van der Waals surface area contributed by atoms with Gasteiger partial charge < -0.3 is 14.6 Å². The number of aliphatic carboxylic acids is 1. The molecule has 2 aromatic rings. The second-order valence-electron chi connectivity index (χ2n) is 4.92. The number of ether oxygens (including phenoxy) is 2. The minimum absolute atomic E-state index is 0.176. The fourth-order valence-corrected chi connectivity index (χ4v) is 3.55. The SMILES string of the molecule is N#Cc1nc2ccc(OC(=O)OCCCSCCCC(=O)O)cc2s1. The van der Waals surface area contributed by atoms with Crippen molar-refractivity contribution in [1.82, 2.24) is 4.98 Å². The zero-order chi connectivity index (χ0) is 18.1. The zero-order valence-electron chi connectivity index (χ0n) is 13.3. The van der Waals surface area contributed by atoms with Gasteiger partial charge in [-0.05, 0) is 36.5 Å². The predicted octanol–water partition coefficient (Wildman–Crippen LogP) is 3.67. The quantitative estimate of drug-likeness (QED) is 0.399. The molecule has 0 saturated carbocycles. The molecule has 1 heterocycles. The lowest BCUT2D eigenvalue weighted by molar-refractivity contribution is -0.137. The number of carboxylic acids is 1. The van der Waals surface area contributed by atoms with Gasteiger partial charge in [0.2, 0.25) is 0 Å². The van der Waals surface area contributed by atoms with Crippen molar-refractivity contribution in [3.63, 3.8) is 0 Å². The van der Waals surface area contributed by atoms with E-state index in [0.29, 0.717) is 29.1 Å². The van der Waals surface area contributed by atoms with Gasteiger partial charge in [0.15, 0.2) is 5.01 Å². The number of nitrogens with zero attached hydrogens (tertiary/aromatic N) is 2. The van der Waals surface area contributed by atoms with Gasteiger partial charge in [-0.25, -0.2) is 9.78 Å². The second kappa shape index (κ2) is 9.86. The summed E-state index contributed by atoms with van der Waals surface area (Å²) in [5, 5.41) is 17.7. The van der Waals surface area contributed by atoms with Crippen LogP contribution in [0.3, 0.4) is 0 Å². The topological polar surface area (TPSA) is 110 Å². The summed E-state index contributed by atoms with van der Waals surface area (Å²) >= 11 is 2.86. The summed E-state index contributed by atoms with van der Waals surface area (Å²) < 4.78 is 10.9. The van der Waals surface area contributed by atoms with E-state index in [1.165, 1.54) is 11.3 Å². The first kappa shape index (κ1) is 19.0. The van der Waals surface area contributed by atoms with Crippen molar-refractivity contribution in [1.29, 1.82) is 5.26 Å². The van der Waals surface area contributed by atoms with E-state index in [1.54, 1.807) is 30.0 Å². The molecule has 0 fully saturated rings. The summed E-state index contributed by atoms with van der Waals surface area (Å²) in [4.78, 5) is 26.1. The van der Waals surface area contributed by atoms with Gasteiger partial charge >= 0.3 is 12.1 Å². The Morgan fingerprint density at radius 1 is 1.32 bits per heavy atom.